The number of nitrogens with zero attached hydrogens (tertiary/aromatic N) is 1. The molecule has 0 spiro atoms. The van der Waals surface area contributed by atoms with Crippen LogP contribution in [0.25, 0.3) is 0 Å². The summed E-state index contributed by atoms with van der Waals surface area (Å²) in [5.41, 5.74) is 5.62. The van der Waals surface area contributed by atoms with Crippen LogP contribution in [0.15, 0.2) is 35.5 Å². The molecular weight excluding hydrogens is 491 g/mol. The number of nitrogens with two attached hydrogens (primary N) is 1. The summed E-state index contributed by atoms with van der Waals surface area (Å²) in [6.07, 6.45) is 1.51. The summed E-state index contributed by atoms with van der Waals surface area (Å²) < 4.78 is 20.8. The minimum absolute atomic E-state index is 0.0303. The third kappa shape index (κ3) is 6.35. The number of aliphatic carboxylic acids is 1. The molecule has 2 heterocycles. The van der Waals surface area contributed by atoms with E-state index in [9.17, 15) is 24.3 Å². The average molecular weight is 523 g/mol. The first-order valence-corrected chi connectivity index (χ1v) is 12.8. The number of unbranched alkanes of at least 4 members (excludes halogenated alkanes) is 3. The number of hydrogen-bond donors (Lipinski definition) is 4. The minimum Gasteiger partial charge on any atom is -0.489 e. The van der Waals surface area contributed by atoms with E-state index in [1.807, 2.05) is 0 Å². The Balaban J connectivity index is 1.65. The minimum atomic E-state index is -1.96. The van der Waals surface area contributed by atoms with E-state index in [0.29, 0.717) is 18.7 Å². The number of carboxylic acid groups (broad SMARTS) is 1. The van der Waals surface area contributed by atoms with Crippen LogP contribution in [0.5, 0.6) is 5.75 Å². The van der Waals surface area contributed by atoms with Crippen molar-refractivity contribution in [1.29, 1.82) is 0 Å². The fourth-order valence-electron chi connectivity index (χ4n) is 4.06. The first kappa shape index (κ1) is 27.5. The van der Waals surface area contributed by atoms with Crippen LogP contribution in [0.2, 0.25) is 0 Å². The number of carbonyl (C=O) groups excluding carboxylic acids is 3. The van der Waals surface area contributed by atoms with Gasteiger partial charge in [-0.15, -0.1) is 11.8 Å². The van der Waals surface area contributed by atoms with E-state index in [2.05, 4.69) is 10.6 Å². The fraction of sp³-hybridized carbons (Fsp3) is 0.500. The summed E-state index contributed by atoms with van der Waals surface area (Å²) in [5, 5.41) is 14.4. The normalized spacial score (nSPS) is 19.8. The highest BCUT2D eigenvalue weighted by Crippen LogP contribution is 2.40. The van der Waals surface area contributed by atoms with E-state index in [4.69, 9.17) is 10.5 Å². The number of nitrogens with one attached hydrogen (secondary N) is 2. The summed E-state index contributed by atoms with van der Waals surface area (Å²) in [4.78, 5) is 49.3. The monoisotopic (exact) mass is 522 g/mol. The van der Waals surface area contributed by atoms with Gasteiger partial charge in [-0.25, -0.2) is 9.18 Å². The first-order valence-electron chi connectivity index (χ1n) is 11.8. The summed E-state index contributed by atoms with van der Waals surface area (Å²) in [7, 11) is 0. The van der Waals surface area contributed by atoms with Crippen molar-refractivity contribution in [1.82, 2.24) is 15.5 Å². The molecule has 2 aliphatic heterocycles. The standard InChI is InChI=1S/C24H31FN4O6S/c1-14(30)28-19-22(32)29-20(24(33)34)15(13-36-23(19)29)12-35-17-9-5-4-8-16(17)18(25)21(31)27-11-7-3-2-6-10-26/h4-5,8-9,18-19,23H,2-3,6-7,10-13,26H2,1H3,(H,27,31)(H,28,30)(H,33,34)/t18?,19-,23-/m1/s1. The Morgan fingerprint density at radius 2 is 1.97 bits per heavy atom. The molecule has 0 bridgehead atoms. The molecular formula is C24H31FN4O6S. The van der Waals surface area contributed by atoms with E-state index >= 15 is 4.39 Å². The van der Waals surface area contributed by atoms with Crippen molar-refractivity contribution in [2.45, 2.75) is 50.2 Å². The highest BCUT2D eigenvalue weighted by atomic mass is 32.2. The number of rotatable bonds is 13. The zero-order valence-corrected chi connectivity index (χ0v) is 20.8. The van der Waals surface area contributed by atoms with Crippen molar-refractivity contribution in [2.24, 2.45) is 5.73 Å². The van der Waals surface area contributed by atoms with E-state index in [1.54, 1.807) is 12.1 Å². The van der Waals surface area contributed by atoms with Gasteiger partial charge in [-0.3, -0.25) is 19.3 Å². The Morgan fingerprint density at radius 1 is 1.25 bits per heavy atom. The number of fused-ring (bicyclic) bond motifs is 1. The van der Waals surface area contributed by atoms with Gasteiger partial charge in [0.1, 0.15) is 29.5 Å². The Labute approximate surface area is 212 Å². The van der Waals surface area contributed by atoms with Crippen LogP contribution < -0.4 is 21.1 Å². The lowest BCUT2D eigenvalue weighted by Crippen LogP contribution is -2.70. The Morgan fingerprint density at radius 3 is 2.67 bits per heavy atom. The van der Waals surface area contributed by atoms with Crippen LogP contribution in [-0.2, 0) is 19.2 Å². The first-order chi connectivity index (χ1) is 17.3. The van der Waals surface area contributed by atoms with Gasteiger partial charge >= 0.3 is 5.97 Å². The number of amides is 3. The molecule has 1 fully saturated rings. The molecule has 12 heteroatoms. The van der Waals surface area contributed by atoms with Crippen LogP contribution >= 0.6 is 11.8 Å². The maximum Gasteiger partial charge on any atom is 0.352 e. The van der Waals surface area contributed by atoms with Gasteiger partial charge in [0.05, 0.1) is 0 Å². The molecule has 1 saturated heterocycles. The molecule has 1 unspecified atom stereocenters. The van der Waals surface area contributed by atoms with E-state index in [-0.39, 0.29) is 35.3 Å². The van der Waals surface area contributed by atoms with Crippen molar-refractivity contribution in [3.8, 4) is 5.75 Å². The molecule has 0 radical (unpaired) electrons. The maximum atomic E-state index is 15.0. The summed E-state index contributed by atoms with van der Waals surface area (Å²) in [5.74, 6) is -2.60. The van der Waals surface area contributed by atoms with Crippen LogP contribution in [0.4, 0.5) is 4.39 Å². The zero-order valence-electron chi connectivity index (χ0n) is 20.0. The van der Waals surface area contributed by atoms with Gasteiger partial charge in [0, 0.05) is 30.4 Å². The van der Waals surface area contributed by atoms with Gasteiger partial charge in [-0.2, -0.15) is 0 Å². The fourth-order valence-corrected chi connectivity index (χ4v) is 5.39. The number of thioether (sulfide) groups is 1. The zero-order chi connectivity index (χ0) is 26.2. The maximum absolute atomic E-state index is 15.0. The highest BCUT2D eigenvalue weighted by Gasteiger charge is 2.54. The summed E-state index contributed by atoms with van der Waals surface area (Å²) in [6, 6.07) is 5.37. The molecule has 1 aromatic carbocycles. The molecule has 3 atom stereocenters. The van der Waals surface area contributed by atoms with E-state index < -0.39 is 35.4 Å². The van der Waals surface area contributed by atoms with Gasteiger partial charge in [-0.1, -0.05) is 31.0 Å². The number of benzene rings is 1. The third-order valence-electron chi connectivity index (χ3n) is 5.86. The van der Waals surface area contributed by atoms with Gasteiger partial charge in [0.15, 0.2) is 0 Å². The number of carboxylic acids is 1. The number of hydrogen-bond acceptors (Lipinski definition) is 7. The number of halogens is 1. The number of β-lactam (4-membered cyclic amide) rings is 1. The van der Waals surface area contributed by atoms with Crippen LogP contribution in [0.1, 0.15) is 44.3 Å². The molecule has 0 aromatic heterocycles. The number of alkyl halides is 1. The molecule has 0 aliphatic carbocycles. The number of carbonyl (C=O) groups is 4. The summed E-state index contributed by atoms with van der Waals surface area (Å²) >= 11 is 1.31. The molecule has 5 N–H and O–H groups in total. The van der Waals surface area contributed by atoms with Crippen molar-refractivity contribution < 1.29 is 33.4 Å². The van der Waals surface area contributed by atoms with Gasteiger partial charge in [0.25, 0.3) is 11.8 Å². The van der Waals surface area contributed by atoms with Crippen molar-refractivity contribution in [3.63, 3.8) is 0 Å². The van der Waals surface area contributed by atoms with Crippen LogP contribution in [0.3, 0.4) is 0 Å². The van der Waals surface area contributed by atoms with Crippen molar-refractivity contribution >= 4 is 35.5 Å². The second kappa shape index (κ2) is 12.7. The van der Waals surface area contributed by atoms with Gasteiger partial charge in [0.2, 0.25) is 12.1 Å². The smallest absolute Gasteiger partial charge is 0.352 e. The molecule has 0 saturated carbocycles. The molecule has 1 aromatic rings. The predicted molar refractivity (Wildman–Crippen MR) is 132 cm³/mol. The van der Waals surface area contributed by atoms with Crippen LogP contribution in [0, 0.1) is 0 Å². The largest absolute Gasteiger partial charge is 0.489 e. The second-order valence-electron chi connectivity index (χ2n) is 8.53. The van der Waals surface area contributed by atoms with E-state index in [1.165, 1.54) is 30.8 Å². The van der Waals surface area contributed by atoms with Crippen LogP contribution in [-0.4, -0.2) is 70.6 Å². The predicted octanol–water partition coefficient (Wildman–Crippen LogP) is 1.47. The molecule has 3 rings (SSSR count). The van der Waals surface area contributed by atoms with Gasteiger partial charge < -0.3 is 26.2 Å². The quantitative estimate of drug-likeness (QED) is 0.225. The van der Waals surface area contributed by atoms with Crippen molar-refractivity contribution in [2.75, 3.05) is 25.4 Å². The van der Waals surface area contributed by atoms with Crippen molar-refractivity contribution in [3.05, 3.63) is 41.1 Å². The highest BCUT2D eigenvalue weighted by molar-refractivity contribution is 8.00. The van der Waals surface area contributed by atoms with E-state index in [0.717, 1.165) is 30.6 Å². The molecule has 10 nitrogen and oxygen atoms in total. The number of ether oxygens (including phenoxy) is 1. The van der Waals surface area contributed by atoms with Gasteiger partial charge in [-0.05, 0) is 25.5 Å². The second-order valence-corrected chi connectivity index (χ2v) is 9.63. The topological polar surface area (TPSA) is 151 Å². The lowest BCUT2D eigenvalue weighted by Gasteiger charge is -2.49. The Bertz CT molecular complexity index is 1040. The lowest BCUT2D eigenvalue weighted by atomic mass is 10.0. The Kier molecular flexibility index (Phi) is 9.71. The Hall–Kier alpha value is -3.12. The molecule has 196 valence electrons. The number of para-hydroxylation sites is 1. The lowest BCUT2D eigenvalue weighted by molar-refractivity contribution is -0.150. The molecule has 36 heavy (non-hydrogen) atoms. The third-order valence-corrected chi connectivity index (χ3v) is 7.20. The SMILES string of the molecule is CC(=O)N[C@@H]1C(=O)N2C(C(=O)O)=C(COc3ccccc3C(F)C(=O)NCCCCCCN)CS[C@H]12. The molecule has 2 aliphatic rings. The molecule has 3 amide bonds. The summed E-state index contributed by atoms with van der Waals surface area (Å²) in [6.45, 7) is 2.05. The average Bonchev–Trinajstić information content (AvgIpc) is 2.86.